The van der Waals surface area contributed by atoms with Gasteiger partial charge in [0.2, 0.25) is 5.89 Å². The van der Waals surface area contributed by atoms with Gasteiger partial charge in [-0.1, -0.05) is 11.6 Å². The van der Waals surface area contributed by atoms with Gasteiger partial charge in [0.1, 0.15) is 0 Å². The van der Waals surface area contributed by atoms with Crippen molar-refractivity contribution in [2.45, 2.75) is 24.0 Å². The van der Waals surface area contributed by atoms with Crippen LogP contribution in [0.3, 0.4) is 0 Å². The molecule has 0 saturated heterocycles. The molecule has 20 heavy (non-hydrogen) atoms. The van der Waals surface area contributed by atoms with Crippen molar-refractivity contribution in [1.82, 2.24) is 10.2 Å². The molecule has 1 aromatic carbocycles. The molecular weight excluding hydrogens is 302 g/mol. The molecule has 0 fully saturated rings. The number of anilines is 1. The van der Waals surface area contributed by atoms with Crippen LogP contribution in [0.2, 0.25) is 5.02 Å². The van der Waals surface area contributed by atoms with Crippen LogP contribution in [0, 0.1) is 6.92 Å². The third kappa shape index (κ3) is 3.23. The topological polar surface area (TPSA) is 91.2 Å². The van der Waals surface area contributed by atoms with Crippen LogP contribution in [0.5, 0.6) is 0 Å². The molecular formula is C12H12ClN3O3S. The number of benzene rings is 1. The lowest BCUT2D eigenvalue weighted by Gasteiger charge is -2.09. The van der Waals surface area contributed by atoms with Crippen molar-refractivity contribution < 1.29 is 13.9 Å². The summed E-state index contributed by atoms with van der Waals surface area (Å²) in [6, 6.07) is 3.06. The number of nitrogen functional groups attached to an aromatic ring is 1. The van der Waals surface area contributed by atoms with Gasteiger partial charge < -0.3 is 14.9 Å². The Morgan fingerprint density at radius 3 is 2.85 bits per heavy atom. The van der Waals surface area contributed by atoms with Gasteiger partial charge in [-0.15, -0.1) is 10.2 Å². The fraction of sp³-hybridized carbons (Fsp3) is 0.250. The molecule has 2 rings (SSSR count). The molecule has 0 bridgehead atoms. The molecule has 8 heteroatoms. The van der Waals surface area contributed by atoms with Crippen LogP contribution in [0.1, 0.15) is 23.2 Å². The first-order valence-electron chi connectivity index (χ1n) is 5.75. The molecule has 0 aliphatic heterocycles. The summed E-state index contributed by atoms with van der Waals surface area (Å²) >= 11 is 7.23. The van der Waals surface area contributed by atoms with E-state index in [9.17, 15) is 4.79 Å². The maximum Gasteiger partial charge on any atom is 0.339 e. The lowest BCUT2D eigenvalue weighted by molar-refractivity contribution is 0.0522. The minimum absolute atomic E-state index is 0.259. The number of nitrogens with zero attached hydrogens (tertiary/aromatic N) is 2. The predicted octanol–water partition coefficient (Wildman–Crippen LogP) is 2.94. The molecule has 0 unspecified atom stereocenters. The number of hydrogen-bond acceptors (Lipinski definition) is 7. The summed E-state index contributed by atoms with van der Waals surface area (Å²) in [5, 5.41) is 8.19. The molecule has 0 amide bonds. The predicted molar refractivity (Wildman–Crippen MR) is 75.0 cm³/mol. The van der Waals surface area contributed by atoms with E-state index < -0.39 is 5.97 Å². The number of aryl methyl sites for hydroxylation is 1. The van der Waals surface area contributed by atoms with Crippen LogP contribution < -0.4 is 5.73 Å². The van der Waals surface area contributed by atoms with Gasteiger partial charge in [-0.2, -0.15) is 0 Å². The molecule has 2 aromatic rings. The van der Waals surface area contributed by atoms with Crippen molar-refractivity contribution in [3.05, 3.63) is 28.6 Å². The van der Waals surface area contributed by atoms with E-state index in [0.29, 0.717) is 26.7 Å². The number of ether oxygens (including phenoxy) is 1. The molecule has 2 N–H and O–H groups in total. The summed E-state index contributed by atoms with van der Waals surface area (Å²) < 4.78 is 10.3. The van der Waals surface area contributed by atoms with E-state index in [1.807, 2.05) is 0 Å². The SMILES string of the molecule is CCOC(=O)c1cc(N)cc(Cl)c1Sc1nnc(C)o1. The van der Waals surface area contributed by atoms with Crippen LogP contribution in [-0.2, 0) is 4.74 Å². The Balaban J connectivity index is 2.42. The molecule has 0 radical (unpaired) electrons. The van der Waals surface area contributed by atoms with E-state index in [-0.39, 0.29) is 12.2 Å². The van der Waals surface area contributed by atoms with E-state index in [1.54, 1.807) is 19.9 Å². The van der Waals surface area contributed by atoms with Crippen LogP contribution in [0.15, 0.2) is 26.7 Å². The van der Waals surface area contributed by atoms with Gasteiger partial charge in [0.15, 0.2) is 0 Å². The van der Waals surface area contributed by atoms with E-state index in [2.05, 4.69) is 10.2 Å². The highest BCUT2D eigenvalue weighted by atomic mass is 35.5. The van der Waals surface area contributed by atoms with Crippen molar-refractivity contribution in [2.75, 3.05) is 12.3 Å². The highest BCUT2D eigenvalue weighted by Crippen LogP contribution is 2.37. The van der Waals surface area contributed by atoms with E-state index >= 15 is 0 Å². The summed E-state index contributed by atoms with van der Waals surface area (Å²) in [6.45, 7) is 3.66. The number of hydrogen-bond donors (Lipinski definition) is 1. The zero-order chi connectivity index (χ0) is 14.7. The second kappa shape index (κ2) is 6.15. The van der Waals surface area contributed by atoms with Crippen molar-refractivity contribution in [3.63, 3.8) is 0 Å². The Morgan fingerprint density at radius 1 is 1.50 bits per heavy atom. The molecule has 0 aliphatic carbocycles. The zero-order valence-corrected chi connectivity index (χ0v) is 12.4. The first-order chi connectivity index (χ1) is 9.51. The number of carbonyl (C=O) groups is 1. The van der Waals surface area contributed by atoms with Crippen molar-refractivity contribution in [3.8, 4) is 0 Å². The summed E-state index contributed by atoms with van der Waals surface area (Å²) in [4.78, 5) is 12.4. The average molecular weight is 314 g/mol. The monoisotopic (exact) mass is 313 g/mol. The fourth-order valence-corrected chi connectivity index (χ4v) is 2.66. The minimum Gasteiger partial charge on any atom is -0.462 e. The number of aromatic nitrogens is 2. The minimum atomic E-state index is -0.500. The van der Waals surface area contributed by atoms with Crippen molar-refractivity contribution in [1.29, 1.82) is 0 Å². The maximum absolute atomic E-state index is 11.9. The largest absolute Gasteiger partial charge is 0.462 e. The number of esters is 1. The average Bonchev–Trinajstić information content (AvgIpc) is 2.78. The highest BCUT2D eigenvalue weighted by Gasteiger charge is 2.20. The van der Waals surface area contributed by atoms with Crippen LogP contribution in [-0.4, -0.2) is 22.8 Å². The summed E-state index contributed by atoms with van der Waals surface area (Å²) in [5.74, 6) is -0.0720. The summed E-state index contributed by atoms with van der Waals surface area (Å²) in [5.41, 5.74) is 6.36. The normalized spacial score (nSPS) is 10.6. The zero-order valence-electron chi connectivity index (χ0n) is 10.8. The summed E-state index contributed by atoms with van der Waals surface area (Å²) in [7, 11) is 0. The Labute approximate surface area is 124 Å². The van der Waals surface area contributed by atoms with Gasteiger partial charge >= 0.3 is 5.97 Å². The molecule has 1 aromatic heterocycles. The number of halogens is 1. The highest BCUT2D eigenvalue weighted by molar-refractivity contribution is 7.99. The van der Waals surface area contributed by atoms with Crippen molar-refractivity contribution >= 4 is 35.0 Å². The number of nitrogens with two attached hydrogens (primary N) is 1. The Hall–Kier alpha value is -1.73. The molecule has 0 spiro atoms. The summed E-state index contributed by atoms with van der Waals surface area (Å²) in [6.07, 6.45) is 0. The van der Waals surface area contributed by atoms with Crippen LogP contribution in [0.4, 0.5) is 5.69 Å². The van der Waals surface area contributed by atoms with Crippen LogP contribution >= 0.6 is 23.4 Å². The lowest BCUT2D eigenvalue weighted by Crippen LogP contribution is -2.07. The van der Waals surface area contributed by atoms with Gasteiger partial charge in [0.05, 0.1) is 22.1 Å². The van der Waals surface area contributed by atoms with Crippen LogP contribution in [0.25, 0.3) is 0 Å². The van der Waals surface area contributed by atoms with E-state index in [4.69, 9.17) is 26.5 Å². The Bertz CT molecular complexity index is 645. The smallest absolute Gasteiger partial charge is 0.339 e. The van der Waals surface area contributed by atoms with Gasteiger partial charge in [0, 0.05) is 12.6 Å². The fourth-order valence-electron chi connectivity index (χ4n) is 1.49. The molecule has 0 aliphatic rings. The number of rotatable bonds is 4. The van der Waals surface area contributed by atoms with E-state index in [1.165, 1.54) is 6.07 Å². The third-order valence-corrected chi connectivity index (χ3v) is 3.65. The first kappa shape index (κ1) is 14.7. The van der Waals surface area contributed by atoms with Gasteiger partial charge in [-0.3, -0.25) is 0 Å². The van der Waals surface area contributed by atoms with Crippen molar-refractivity contribution in [2.24, 2.45) is 0 Å². The van der Waals surface area contributed by atoms with Gasteiger partial charge in [-0.25, -0.2) is 4.79 Å². The molecule has 1 heterocycles. The lowest BCUT2D eigenvalue weighted by atomic mass is 10.2. The standard InChI is InChI=1S/C12H12ClN3O3S/c1-3-18-11(17)8-4-7(14)5-9(13)10(8)20-12-16-15-6(2)19-12/h4-5H,3,14H2,1-2H3. The Kier molecular flexibility index (Phi) is 4.51. The number of carbonyl (C=O) groups excluding carboxylic acids is 1. The second-order valence-corrected chi connectivity index (χ2v) is 5.16. The van der Waals surface area contributed by atoms with E-state index in [0.717, 1.165) is 11.8 Å². The molecule has 0 saturated carbocycles. The molecule has 6 nitrogen and oxygen atoms in total. The molecule has 0 atom stereocenters. The second-order valence-electron chi connectivity index (χ2n) is 3.79. The van der Waals surface area contributed by atoms with Gasteiger partial charge in [0.25, 0.3) is 5.22 Å². The first-order valence-corrected chi connectivity index (χ1v) is 6.94. The van der Waals surface area contributed by atoms with Gasteiger partial charge in [-0.05, 0) is 30.8 Å². The molecule has 106 valence electrons. The maximum atomic E-state index is 11.9. The third-order valence-electron chi connectivity index (χ3n) is 2.26. The Morgan fingerprint density at radius 2 is 2.25 bits per heavy atom. The quantitative estimate of drug-likeness (QED) is 0.685.